The summed E-state index contributed by atoms with van der Waals surface area (Å²) in [5.41, 5.74) is 1.30. The third-order valence-corrected chi connectivity index (χ3v) is 4.11. The predicted octanol–water partition coefficient (Wildman–Crippen LogP) is 3.57. The molecule has 0 aliphatic heterocycles. The molecule has 22 heavy (non-hydrogen) atoms. The largest absolute Gasteiger partial charge is 0.497 e. The number of carbonyl (C=O) groups excluding carboxylic acids is 1. The smallest absolute Gasteiger partial charge is 0.257 e. The first-order valence-electron chi connectivity index (χ1n) is 6.60. The van der Waals surface area contributed by atoms with Gasteiger partial charge in [-0.3, -0.25) is 10.1 Å². The highest BCUT2D eigenvalue weighted by atomic mass is 32.1. The number of nitrogens with one attached hydrogen (secondary N) is 1. The van der Waals surface area contributed by atoms with Gasteiger partial charge >= 0.3 is 0 Å². The summed E-state index contributed by atoms with van der Waals surface area (Å²) < 4.78 is 11.3. The van der Waals surface area contributed by atoms with E-state index in [4.69, 9.17) is 9.47 Å². The van der Waals surface area contributed by atoms with Gasteiger partial charge in [0.25, 0.3) is 5.91 Å². The SMILES string of the molecule is COc1ccc(C(=O)Nc2nc3c(OC)cccc3s2)cc1. The topological polar surface area (TPSA) is 60.5 Å². The van der Waals surface area contributed by atoms with Crippen LogP contribution in [-0.4, -0.2) is 25.1 Å². The van der Waals surface area contributed by atoms with E-state index in [0.717, 1.165) is 10.2 Å². The first-order valence-corrected chi connectivity index (χ1v) is 7.42. The molecule has 0 atom stereocenters. The van der Waals surface area contributed by atoms with Crippen LogP contribution in [0.1, 0.15) is 10.4 Å². The van der Waals surface area contributed by atoms with Crippen molar-refractivity contribution in [1.82, 2.24) is 4.98 Å². The minimum absolute atomic E-state index is 0.208. The number of aromatic nitrogens is 1. The van der Waals surface area contributed by atoms with Gasteiger partial charge in [-0.25, -0.2) is 4.98 Å². The number of hydrogen-bond acceptors (Lipinski definition) is 5. The molecule has 1 amide bonds. The molecule has 5 nitrogen and oxygen atoms in total. The maximum atomic E-state index is 12.2. The van der Waals surface area contributed by atoms with E-state index in [1.165, 1.54) is 11.3 Å². The number of hydrogen-bond donors (Lipinski definition) is 1. The lowest BCUT2D eigenvalue weighted by Crippen LogP contribution is -2.11. The lowest BCUT2D eigenvalue weighted by molar-refractivity contribution is 0.102. The summed E-state index contributed by atoms with van der Waals surface area (Å²) in [6.45, 7) is 0. The maximum Gasteiger partial charge on any atom is 0.257 e. The molecule has 0 saturated heterocycles. The number of fused-ring (bicyclic) bond motifs is 1. The fraction of sp³-hybridized carbons (Fsp3) is 0.125. The number of thiazole rings is 1. The van der Waals surface area contributed by atoms with Gasteiger partial charge in [0.1, 0.15) is 17.0 Å². The zero-order chi connectivity index (χ0) is 15.5. The highest BCUT2D eigenvalue weighted by Crippen LogP contribution is 2.32. The van der Waals surface area contributed by atoms with Crippen LogP contribution in [0.5, 0.6) is 11.5 Å². The van der Waals surface area contributed by atoms with E-state index in [1.807, 2.05) is 18.2 Å². The fourth-order valence-corrected chi connectivity index (χ4v) is 2.93. The molecule has 2 aromatic carbocycles. The highest BCUT2D eigenvalue weighted by Gasteiger charge is 2.12. The summed E-state index contributed by atoms with van der Waals surface area (Å²) >= 11 is 1.41. The fourth-order valence-electron chi connectivity index (χ4n) is 2.05. The van der Waals surface area contributed by atoms with Crippen molar-refractivity contribution in [1.29, 1.82) is 0 Å². The Morgan fingerprint density at radius 2 is 1.86 bits per heavy atom. The van der Waals surface area contributed by atoms with Gasteiger partial charge in [-0.2, -0.15) is 0 Å². The van der Waals surface area contributed by atoms with Gasteiger partial charge < -0.3 is 9.47 Å². The van der Waals surface area contributed by atoms with Crippen LogP contribution >= 0.6 is 11.3 Å². The van der Waals surface area contributed by atoms with E-state index in [2.05, 4.69) is 10.3 Å². The predicted molar refractivity (Wildman–Crippen MR) is 87.1 cm³/mol. The molecule has 0 unspecified atom stereocenters. The number of anilines is 1. The van der Waals surface area contributed by atoms with E-state index in [1.54, 1.807) is 38.5 Å². The van der Waals surface area contributed by atoms with E-state index in [-0.39, 0.29) is 5.91 Å². The zero-order valence-electron chi connectivity index (χ0n) is 12.1. The average Bonchev–Trinajstić information content (AvgIpc) is 2.97. The molecule has 6 heteroatoms. The molecule has 1 N–H and O–H groups in total. The molecule has 0 fully saturated rings. The van der Waals surface area contributed by atoms with Gasteiger partial charge in [0.15, 0.2) is 5.13 Å². The van der Waals surface area contributed by atoms with Crippen molar-refractivity contribution in [2.75, 3.05) is 19.5 Å². The Bertz CT molecular complexity index is 812. The number of carbonyl (C=O) groups is 1. The average molecular weight is 314 g/mol. The summed E-state index contributed by atoms with van der Waals surface area (Å²) in [5, 5.41) is 3.35. The molecule has 3 aromatic rings. The van der Waals surface area contributed by atoms with E-state index < -0.39 is 0 Å². The van der Waals surface area contributed by atoms with Crippen LogP contribution in [-0.2, 0) is 0 Å². The molecule has 3 rings (SSSR count). The van der Waals surface area contributed by atoms with E-state index in [9.17, 15) is 4.79 Å². The van der Waals surface area contributed by atoms with Gasteiger partial charge in [-0.15, -0.1) is 0 Å². The Morgan fingerprint density at radius 3 is 2.55 bits per heavy atom. The van der Waals surface area contributed by atoms with Crippen molar-refractivity contribution < 1.29 is 14.3 Å². The summed E-state index contributed by atoms with van der Waals surface area (Å²) in [6.07, 6.45) is 0. The van der Waals surface area contributed by atoms with Crippen LogP contribution in [0.3, 0.4) is 0 Å². The number of benzene rings is 2. The third kappa shape index (κ3) is 2.73. The van der Waals surface area contributed by atoms with Crippen molar-refractivity contribution in [3.05, 3.63) is 48.0 Å². The van der Waals surface area contributed by atoms with Crippen molar-refractivity contribution in [2.24, 2.45) is 0 Å². The monoisotopic (exact) mass is 314 g/mol. The second-order valence-electron chi connectivity index (χ2n) is 4.51. The van der Waals surface area contributed by atoms with Gasteiger partial charge in [0, 0.05) is 5.56 Å². The van der Waals surface area contributed by atoms with Crippen LogP contribution in [0.4, 0.5) is 5.13 Å². The van der Waals surface area contributed by atoms with Gasteiger partial charge in [0.2, 0.25) is 0 Å². The summed E-state index contributed by atoms with van der Waals surface area (Å²) in [7, 11) is 3.19. The molecule has 0 bridgehead atoms. The molecule has 0 saturated carbocycles. The van der Waals surface area contributed by atoms with Gasteiger partial charge in [-0.05, 0) is 36.4 Å². The number of ether oxygens (including phenoxy) is 2. The molecule has 0 radical (unpaired) electrons. The molecule has 1 heterocycles. The highest BCUT2D eigenvalue weighted by molar-refractivity contribution is 7.22. The summed E-state index contributed by atoms with van der Waals surface area (Å²) in [5.74, 6) is 1.20. The van der Waals surface area contributed by atoms with Crippen LogP contribution in [0, 0.1) is 0 Å². The van der Waals surface area contributed by atoms with E-state index in [0.29, 0.717) is 22.2 Å². The number of para-hydroxylation sites is 1. The quantitative estimate of drug-likeness (QED) is 0.800. The second kappa shape index (κ2) is 6.03. The van der Waals surface area contributed by atoms with Gasteiger partial charge in [-0.1, -0.05) is 17.4 Å². The van der Waals surface area contributed by atoms with Crippen molar-refractivity contribution in [2.45, 2.75) is 0 Å². The maximum absolute atomic E-state index is 12.2. The van der Waals surface area contributed by atoms with Crippen molar-refractivity contribution >= 4 is 32.6 Å². The molecule has 0 aliphatic rings. The Labute approximate surface area is 131 Å². The Balaban J connectivity index is 1.84. The van der Waals surface area contributed by atoms with Crippen molar-refractivity contribution in [3.63, 3.8) is 0 Å². The minimum atomic E-state index is -0.208. The first-order chi connectivity index (χ1) is 10.7. The normalized spacial score (nSPS) is 10.5. The van der Waals surface area contributed by atoms with E-state index >= 15 is 0 Å². The zero-order valence-corrected chi connectivity index (χ0v) is 12.9. The Morgan fingerprint density at radius 1 is 1.09 bits per heavy atom. The second-order valence-corrected chi connectivity index (χ2v) is 5.54. The Kier molecular flexibility index (Phi) is 3.93. The molecular weight excluding hydrogens is 300 g/mol. The van der Waals surface area contributed by atoms with Crippen LogP contribution < -0.4 is 14.8 Å². The van der Waals surface area contributed by atoms with Gasteiger partial charge in [0.05, 0.1) is 18.9 Å². The summed E-state index contributed by atoms with van der Waals surface area (Å²) in [6, 6.07) is 12.6. The van der Waals surface area contributed by atoms with Crippen LogP contribution in [0.15, 0.2) is 42.5 Å². The van der Waals surface area contributed by atoms with Crippen LogP contribution in [0.25, 0.3) is 10.2 Å². The lowest BCUT2D eigenvalue weighted by atomic mass is 10.2. The molecule has 1 aromatic heterocycles. The minimum Gasteiger partial charge on any atom is -0.497 e. The summed E-state index contributed by atoms with van der Waals surface area (Å²) in [4.78, 5) is 16.6. The number of nitrogens with zero attached hydrogens (tertiary/aromatic N) is 1. The third-order valence-electron chi connectivity index (χ3n) is 3.17. The molecule has 112 valence electrons. The standard InChI is InChI=1S/C16H14N2O3S/c1-20-11-8-6-10(7-9-11)15(19)18-16-17-14-12(21-2)4-3-5-13(14)22-16/h3-9H,1-2H3,(H,17,18,19). The first kappa shape index (κ1) is 14.3. The molecule has 0 spiro atoms. The lowest BCUT2D eigenvalue weighted by Gasteiger charge is -2.03. The van der Waals surface area contributed by atoms with Crippen molar-refractivity contribution in [3.8, 4) is 11.5 Å². The molecule has 0 aliphatic carbocycles. The Hall–Kier alpha value is -2.60. The number of rotatable bonds is 4. The number of amides is 1. The van der Waals surface area contributed by atoms with Crippen LogP contribution in [0.2, 0.25) is 0 Å². The molecular formula is C16H14N2O3S. The number of methoxy groups -OCH3 is 2.